The summed E-state index contributed by atoms with van der Waals surface area (Å²) >= 11 is 0. The third-order valence-corrected chi connectivity index (χ3v) is 2.59. The Morgan fingerprint density at radius 3 is 2.64 bits per heavy atom. The van der Waals surface area contributed by atoms with Crippen LogP contribution in [0.15, 0.2) is 47.8 Å². The maximum absolute atomic E-state index is 11.7. The summed E-state index contributed by atoms with van der Waals surface area (Å²) in [6, 6.07) is 8.34. The minimum atomic E-state index is -0.335. The van der Waals surface area contributed by atoms with E-state index in [4.69, 9.17) is 9.84 Å². The van der Waals surface area contributed by atoms with Crippen LogP contribution in [0.4, 0.5) is 0 Å². The first kappa shape index (κ1) is 19.6. The van der Waals surface area contributed by atoms with Gasteiger partial charge in [0.05, 0.1) is 18.9 Å². The molecular formula is C14H15CuN3O4+2. The van der Waals surface area contributed by atoms with E-state index >= 15 is 0 Å². The number of pyridine rings is 1. The Balaban J connectivity index is 0.00000220. The Morgan fingerprint density at radius 2 is 2.00 bits per heavy atom. The zero-order valence-electron chi connectivity index (χ0n) is 11.6. The molecule has 0 unspecified atom stereocenters. The van der Waals surface area contributed by atoms with Crippen molar-refractivity contribution in [2.75, 3.05) is 7.11 Å². The van der Waals surface area contributed by atoms with E-state index in [2.05, 4.69) is 15.5 Å². The van der Waals surface area contributed by atoms with Gasteiger partial charge in [-0.3, -0.25) is 9.78 Å². The second-order valence-electron chi connectivity index (χ2n) is 3.86. The van der Waals surface area contributed by atoms with Crippen molar-refractivity contribution in [3.05, 3.63) is 53.9 Å². The van der Waals surface area contributed by atoms with Crippen molar-refractivity contribution in [3.8, 4) is 11.5 Å². The molecule has 2 rings (SSSR count). The van der Waals surface area contributed by atoms with E-state index in [-0.39, 0.29) is 34.2 Å². The van der Waals surface area contributed by atoms with Crippen molar-refractivity contribution in [3.63, 3.8) is 0 Å². The summed E-state index contributed by atoms with van der Waals surface area (Å²) in [4.78, 5) is 15.5. The number of rotatable bonds is 4. The molecule has 0 aliphatic heterocycles. The van der Waals surface area contributed by atoms with Gasteiger partial charge in [0.2, 0.25) is 5.75 Å². The Labute approximate surface area is 137 Å². The van der Waals surface area contributed by atoms with Gasteiger partial charge >= 0.3 is 22.8 Å². The van der Waals surface area contributed by atoms with Gasteiger partial charge in [-0.2, -0.15) is 5.10 Å². The molecule has 0 fully saturated rings. The summed E-state index contributed by atoms with van der Waals surface area (Å²) in [6.07, 6.45) is 4.47. The third-order valence-electron chi connectivity index (χ3n) is 2.59. The standard InChI is InChI=1S/C14H13N3O3.Cu.H2O/c1-20-12-4-2-3-11(13(12)18)9-16-17-14(19)10-5-7-15-8-6-10;;/h2-9,18H,1H3,(H,17,19);;1H2/q;+2;. The largest absolute Gasteiger partial charge is 2.00 e. The summed E-state index contributed by atoms with van der Waals surface area (Å²) in [7, 11) is 1.50. The van der Waals surface area contributed by atoms with Gasteiger partial charge in [0.25, 0.3) is 5.91 Å². The van der Waals surface area contributed by atoms with Crippen LogP contribution >= 0.6 is 0 Å². The molecule has 119 valence electrons. The van der Waals surface area contributed by atoms with Crippen LogP contribution in [-0.4, -0.2) is 34.8 Å². The first-order valence-corrected chi connectivity index (χ1v) is 5.84. The van der Waals surface area contributed by atoms with Crippen LogP contribution in [0.3, 0.4) is 0 Å². The summed E-state index contributed by atoms with van der Waals surface area (Å²) < 4.78 is 5.04. The fourth-order valence-electron chi connectivity index (χ4n) is 1.55. The molecule has 7 nitrogen and oxygen atoms in total. The minimum absolute atomic E-state index is 0. The van der Waals surface area contributed by atoms with Crippen molar-refractivity contribution in [1.82, 2.24) is 10.4 Å². The van der Waals surface area contributed by atoms with Gasteiger partial charge in [0.15, 0.2) is 0 Å². The molecule has 1 aromatic carbocycles. The maximum Gasteiger partial charge on any atom is 2.00 e. The Morgan fingerprint density at radius 1 is 1.32 bits per heavy atom. The predicted molar refractivity (Wildman–Crippen MR) is 77.3 cm³/mol. The number of ether oxygens (including phenoxy) is 1. The van der Waals surface area contributed by atoms with Crippen molar-refractivity contribution >= 4 is 12.1 Å². The number of benzene rings is 1. The van der Waals surface area contributed by atoms with E-state index < -0.39 is 0 Å². The molecule has 1 radical (unpaired) electrons. The van der Waals surface area contributed by atoms with Crippen molar-refractivity contribution in [1.29, 1.82) is 0 Å². The molecule has 0 saturated carbocycles. The number of nitrogens with zero attached hydrogens (tertiary/aromatic N) is 2. The van der Waals surface area contributed by atoms with E-state index in [0.717, 1.165) is 0 Å². The maximum atomic E-state index is 11.7. The van der Waals surface area contributed by atoms with Crippen molar-refractivity contribution in [2.24, 2.45) is 5.10 Å². The van der Waals surface area contributed by atoms with Crippen LogP contribution in [-0.2, 0) is 17.1 Å². The Kier molecular flexibility index (Phi) is 8.47. The number of hydrazone groups is 1. The number of para-hydroxylation sites is 1. The summed E-state index contributed by atoms with van der Waals surface area (Å²) in [6.45, 7) is 0. The van der Waals surface area contributed by atoms with Crippen molar-refractivity contribution < 1.29 is 37.2 Å². The molecular weight excluding hydrogens is 338 g/mol. The molecule has 0 spiro atoms. The van der Waals surface area contributed by atoms with Crippen molar-refractivity contribution in [2.45, 2.75) is 0 Å². The van der Waals surface area contributed by atoms with E-state index in [1.807, 2.05) is 0 Å². The number of nitrogens with one attached hydrogen (secondary N) is 1. The minimum Gasteiger partial charge on any atom is -0.870 e. The Bertz CT molecular complexity index is 635. The van der Waals surface area contributed by atoms with Gasteiger partial charge in [-0.15, -0.1) is 0 Å². The first-order chi connectivity index (χ1) is 9.72. The number of hydrogen-bond acceptors (Lipinski definition) is 5. The first-order valence-electron chi connectivity index (χ1n) is 5.84. The molecule has 2 aromatic rings. The van der Waals surface area contributed by atoms with Gasteiger partial charge in [0.1, 0.15) is 0 Å². The fourth-order valence-corrected chi connectivity index (χ4v) is 1.55. The molecule has 1 heterocycles. The van der Waals surface area contributed by atoms with Crippen LogP contribution in [0.1, 0.15) is 15.9 Å². The average molecular weight is 353 g/mol. The fraction of sp³-hybridized carbons (Fsp3) is 0.0714. The van der Waals surface area contributed by atoms with E-state index in [9.17, 15) is 4.79 Å². The number of methoxy groups -OCH3 is 1. The van der Waals surface area contributed by atoms with Gasteiger partial charge in [-0.1, -0.05) is 6.07 Å². The second kappa shape index (κ2) is 9.51. The average Bonchev–Trinajstić information content (AvgIpc) is 2.49. The SMILES string of the molecule is COc1cccc(C=NNC(=O)c2ccncc2)c1[OH2+].[Cu+2].[OH-]. The molecule has 0 aliphatic carbocycles. The number of amides is 1. The van der Waals surface area contributed by atoms with Crippen LogP contribution in [0.2, 0.25) is 0 Å². The van der Waals surface area contributed by atoms with Gasteiger partial charge in [-0.25, -0.2) is 5.43 Å². The molecule has 0 saturated heterocycles. The zero-order chi connectivity index (χ0) is 14.4. The monoisotopic (exact) mass is 352 g/mol. The molecule has 1 aromatic heterocycles. The van der Waals surface area contributed by atoms with Crippen LogP contribution < -0.4 is 10.2 Å². The molecule has 0 bridgehead atoms. The molecule has 0 atom stereocenters. The molecule has 4 N–H and O–H groups in total. The second-order valence-corrected chi connectivity index (χ2v) is 3.86. The summed E-state index contributed by atoms with van der Waals surface area (Å²) in [5.41, 5.74) is 3.41. The smallest absolute Gasteiger partial charge is 0.870 e. The summed E-state index contributed by atoms with van der Waals surface area (Å²) in [5, 5.41) is 11.7. The number of carbonyl (C=O) groups excluding carboxylic acids is 1. The van der Waals surface area contributed by atoms with Gasteiger partial charge in [0, 0.05) is 18.0 Å². The van der Waals surface area contributed by atoms with Crippen LogP contribution in [0.25, 0.3) is 0 Å². The van der Waals surface area contributed by atoms with E-state index in [1.165, 1.54) is 25.7 Å². The van der Waals surface area contributed by atoms with Gasteiger partial charge in [-0.05, 0) is 24.3 Å². The zero-order valence-corrected chi connectivity index (χ0v) is 12.5. The quantitative estimate of drug-likeness (QED) is 0.384. The van der Waals surface area contributed by atoms with E-state index in [0.29, 0.717) is 16.9 Å². The molecule has 22 heavy (non-hydrogen) atoms. The third kappa shape index (κ3) is 4.85. The molecule has 0 aliphatic rings. The predicted octanol–water partition coefficient (Wildman–Crippen LogP) is 1.11. The molecule has 1 amide bonds. The number of hydrogen-bond donors (Lipinski definition) is 1. The van der Waals surface area contributed by atoms with Crippen LogP contribution in [0, 0.1) is 0 Å². The number of carbonyl (C=O) groups is 1. The summed E-state index contributed by atoms with van der Waals surface area (Å²) in [5.74, 6) is 0.337. The number of aromatic nitrogens is 1. The molecule has 8 heteroatoms. The van der Waals surface area contributed by atoms with E-state index in [1.54, 1.807) is 30.3 Å². The normalized spacial score (nSPS) is 9.50. The topological polar surface area (TPSA) is 116 Å². The van der Waals surface area contributed by atoms with Crippen LogP contribution in [0.5, 0.6) is 11.5 Å². The van der Waals surface area contributed by atoms with Gasteiger partial charge < -0.3 is 15.3 Å². The Hall–Kier alpha value is -2.41.